The van der Waals surface area contributed by atoms with Crippen molar-refractivity contribution in [2.24, 2.45) is 5.92 Å². The van der Waals surface area contributed by atoms with Gasteiger partial charge in [-0.3, -0.25) is 14.9 Å². The molecule has 3 aromatic carbocycles. The lowest BCUT2D eigenvalue weighted by molar-refractivity contribution is -0.119. The number of anilines is 1. The molecule has 1 fully saturated rings. The summed E-state index contributed by atoms with van der Waals surface area (Å²) in [6.07, 6.45) is 7.59. The number of rotatable bonds is 5. The zero-order valence-electron chi connectivity index (χ0n) is 21.0. The Morgan fingerprint density at radius 3 is 2.64 bits per heavy atom. The number of halogens is 1. The molecule has 8 heteroatoms. The summed E-state index contributed by atoms with van der Waals surface area (Å²) in [5, 5.41) is 11.6. The number of aromatic amines is 2. The number of pyridine rings is 1. The Balaban J connectivity index is 1.25. The topological polar surface area (TPSA) is 99.3 Å². The molecule has 0 saturated heterocycles. The van der Waals surface area contributed by atoms with Gasteiger partial charge in [-0.05, 0) is 60.4 Å². The first-order valence-corrected chi connectivity index (χ1v) is 13.1. The molecule has 39 heavy (non-hydrogen) atoms. The van der Waals surface area contributed by atoms with Crippen LogP contribution in [0.3, 0.4) is 0 Å². The quantitative estimate of drug-likeness (QED) is 0.227. The summed E-state index contributed by atoms with van der Waals surface area (Å²) in [5.41, 5.74) is 7.30. The van der Waals surface area contributed by atoms with E-state index in [2.05, 4.69) is 31.5 Å². The van der Waals surface area contributed by atoms with Gasteiger partial charge < -0.3 is 10.3 Å². The average molecular weight is 517 g/mol. The lowest BCUT2D eigenvalue weighted by Gasteiger charge is -2.11. The van der Waals surface area contributed by atoms with Gasteiger partial charge in [0.2, 0.25) is 5.91 Å². The average Bonchev–Trinajstić information content (AvgIpc) is 3.72. The van der Waals surface area contributed by atoms with E-state index >= 15 is 0 Å². The number of benzene rings is 3. The third-order valence-electron chi connectivity index (χ3n) is 7.50. The number of nitrogens with one attached hydrogen (secondary N) is 3. The number of carbonyl (C=O) groups is 1. The van der Waals surface area contributed by atoms with Crippen LogP contribution in [0.15, 0.2) is 79.1 Å². The molecule has 0 radical (unpaired) electrons. The molecule has 0 aliphatic heterocycles. The van der Waals surface area contributed by atoms with Gasteiger partial charge in [0.05, 0.1) is 28.4 Å². The highest BCUT2D eigenvalue weighted by Crippen LogP contribution is 2.34. The molecule has 3 aromatic heterocycles. The van der Waals surface area contributed by atoms with Crippen molar-refractivity contribution in [1.29, 1.82) is 0 Å². The number of hydrogen-bond donors (Lipinski definition) is 3. The van der Waals surface area contributed by atoms with Crippen LogP contribution >= 0.6 is 0 Å². The number of nitrogens with zero attached hydrogens (tertiary/aromatic N) is 3. The van der Waals surface area contributed by atoms with Crippen molar-refractivity contribution in [3.05, 3.63) is 84.9 Å². The highest BCUT2D eigenvalue weighted by atomic mass is 19.1. The van der Waals surface area contributed by atoms with E-state index in [9.17, 15) is 9.18 Å². The Morgan fingerprint density at radius 1 is 0.897 bits per heavy atom. The van der Waals surface area contributed by atoms with Crippen LogP contribution in [0.5, 0.6) is 0 Å². The number of imidazole rings is 1. The van der Waals surface area contributed by atoms with Crippen LogP contribution in [0.4, 0.5) is 10.1 Å². The van der Waals surface area contributed by atoms with E-state index in [0.717, 1.165) is 69.9 Å². The van der Waals surface area contributed by atoms with E-state index in [4.69, 9.17) is 4.98 Å². The van der Waals surface area contributed by atoms with Crippen LogP contribution in [-0.4, -0.2) is 31.1 Å². The maximum absolute atomic E-state index is 13.9. The summed E-state index contributed by atoms with van der Waals surface area (Å²) < 4.78 is 13.9. The number of fused-ring (bicyclic) bond motifs is 2. The molecule has 3 N–H and O–H groups in total. The maximum atomic E-state index is 13.9. The summed E-state index contributed by atoms with van der Waals surface area (Å²) in [4.78, 5) is 25.3. The van der Waals surface area contributed by atoms with Crippen molar-refractivity contribution >= 4 is 33.5 Å². The van der Waals surface area contributed by atoms with Gasteiger partial charge >= 0.3 is 0 Å². The number of aromatic nitrogens is 5. The smallest absolute Gasteiger partial charge is 0.227 e. The second-order valence-electron chi connectivity index (χ2n) is 10.1. The molecule has 0 spiro atoms. The third-order valence-corrected chi connectivity index (χ3v) is 7.50. The molecule has 0 unspecified atom stereocenters. The van der Waals surface area contributed by atoms with Crippen LogP contribution in [0.1, 0.15) is 25.7 Å². The SMILES string of the molecule is O=C(Nc1cncc(-c2ccc3[nH]nc(-c4nc5c(-c6cccc(F)c6)cccc5[nH]4)c3c2)c1)C1CCCC1. The van der Waals surface area contributed by atoms with Gasteiger partial charge in [-0.1, -0.05) is 43.2 Å². The van der Waals surface area contributed by atoms with E-state index in [1.807, 2.05) is 42.5 Å². The summed E-state index contributed by atoms with van der Waals surface area (Å²) in [7, 11) is 0. The van der Waals surface area contributed by atoms with Crippen molar-refractivity contribution in [2.45, 2.75) is 25.7 Å². The zero-order valence-corrected chi connectivity index (χ0v) is 21.0. The number of H-pyrrole nitrogens is 2. The monoisotopic (exact) mass is 516 g/mol. The molecular weight excluding hydrogens is 491 g/mol. The first-order chi connectivity index (χ1) is 19.1. The van der Waals surface area contributed by atoms with Gasteiger partial charge in [-0.2, -0.15) is 5.10 Å². The molecule has 1 aliphatic carbocycles. The first kappa shape index (κ1) is 23.3. The third kappa shape index (κ3) is 4.33. The van der Waals surface area contributed by atoms with Crippen molar-refractivity contribution < 1.29 is 9.18 Å². The normalized spacial score (nSPS) is 13.9. The van der Waals surface area contributed by atoms with Gasteiger partial charge in [0.15, 0.2) is 5.82 Å². The Labute approximate surface area is 223 Å². The van der Waals surface area contributed by atoms with Crippen LogP contribution in [0.25, 0.3) is 55.7 Å². The Hall–Kier alpha value is -4.85. The van der Waals surface area contributed by atoms with Gasteiger partial charge in [-0.25, -0.2) is 9.37 Å². The number of hydrogen-bond acceptors (Lipinski definition) is 4. The van der Waals surface area contributed by atoms with Crippen molar-refractivity contribution in [1.82, 2.24) is 25.1 Å². The molecule has 0 bridgehead atoms. The van der Waals surface area contributed by atoms with Gasteiger partial charge in [0.25, 0.3) is 0 Å². The predicted octanol–water partition coefficient (Wildman–Crippen LogP) is 7.10. The largest absolute Gasteiger partial charge is 0.337 e. The zero-order chi connectivity index (χ0) is 26.3. The van der Waals surface area contributed by atoms with Crippen molar-refractivity contribution in [2.75, 3.05) is 5.32 Å². The summed E-state index contributed by atoms with van der Waals surface area (Å²) >= 11 is 0. The Morgan fingerprint density at radius 2 is 1.77 bits per heavy atom. The minimum absolute atomic E-state index is 0.0709. The van der Waals surface area contributed by atoms with Gasteiger partial charge in [0.1, 0.15) is 11.5 Å². The van der Waals surface area contributed by atoms with E-state index in [1.165, 1.54) is 12.1 Å². The van der Waals surface area contributed by atoms with E-state index in [0.29, 0.717) is 17.2 Å². The number of carbonyl (C=O) groups excluding carboxylic acids is 1. The first-order valence-electron chi connectivity index (χ1n) is 13.1. The molecule has 3 heterocycles. The van der Waals surface area contributed by atoms with Gasteiger partial charge in [-0.15, -0.1) is 0 Å². The minimum atomic E-state index is -0.289. The summed E-state index contributed by atoms with van der Waals surface area (Å²) in [6, 6.07) is 20.3. The van der Waals surface area contributed by atoms with Crippen LogP contribution in [0.2, 0.25) is 0 Å². The maximum Gasteiger partial charge on any atom is 0.227 e. The molecule has 0 atom stereocenters. The number of amides is 1. The molecule has 7 rings (SSSR count). The lowest BCUT2D eigenvalue weighted by atomic mass is 10.0. The molecule has 6 aromatic rings. The lowest BCUT2D eigenvalue weighted by Crippen LogP contribution is -2.20. The fraction of sp³-hybridized carbons (Fsp3) is 0.161. The summed E-state index contributed by atoms with van der Waals surface area (Å²) in [6.45, 7) is 0. The van der Waals surface area contributed by atoms with Crippen LogP contribution < -0.4 is 5.32 Å². The molecule has 192 valence electrons. The summed E-state index contributed by atoms with van der Waals surface area (Å²) in [5.74, 6) is 0.487. The number of para-hydroxylation sites is 1. The molecular formula is C31H25FN6O. The van der Waals surface area contributed by atoms with E-state index in [1.54, 1.807) is 18.5 Å². The second kappa shape index (κ2) is 9.47. The molecule has 7 nitrogen and oxygen atoms in total. The van der Waals surface area contributed by atoms with Crippen LogP contribution in [-0.2, 0) is 4.79 Å². The van der Waals surface area contributed by atoms with Gasteiger partial charge in [0, 0.05) is 28.6 Å². The standard InChI is InChI=1S/C31H25FN6O/c32-22-8-3-7-20(13-22)24-9-4-10-27-28(24)36-30(35-27)29-25-15-19(11-12-26(25)37-38-29)21-14-23(17-33-16-21)34-31(39)18-5-1-2-6-18/h3-4,7-18H,1-2,5-6H2,(H,34,39)(H,35,36)(H,37,38). The molecule has 1 amide bonds. The predicted molar refractivity (Wildman–Crippen MR) is 150 cm³/mol. The van der Waals surface area contributed by atoms with Crippen molar-refractivity contribution in [3.8, 4) is 33.8 Å². The fourth-order valence-electron chi connectivity index (χ4n) is 5.51. The van der Waals surface area contributed by atoms with E-state index in [-0.39, 0.29) is 17.6 Å². The van der Waals surface area contributed by atoms with E-state index < -0.39 is 0 Å². The highest BCUT2D eigenvalue weighted by molar-refractivity contribution is 5.99. The second-order valence-corrected chi connectivity index (χ2v) is 10.1. The Bertz CT molecular complexity index is 1850. The van der Waals surface area contributed by atoms with Crippen LogP contribution in [0, 0.1) is 11.7 Å². The fourth-order valence-corrected chi connectivity index (χ4v) is 5.51. The molecule has 1 saturated carbocycles. The molecule has 1 aliphatic rings. The van der Waals surface area contributed by atoms with Crippen molar-refractivity contribution in [3.63, 3.8) is 0 Å². The minimum Gasteiger partial charge on any atom is -0.337 e. The Kier molecular flexibility index (Phi) is 5.65. The highest BCUT2D eigenvalue weighted by Gasteiger charge is 2.23.